The molecule has 1 aromatic heterocycles. The van der Waals surface area contributed by atoms with Gasteiger partial charge in [-0.15, -0.1) is 11.3 Å². The Labute approximate surface area is 122 Å². The molecule has 1 heterocycles. The molecule has 1 unspecified atom stereocenters. The molecule has 0 saturated carbocycles. The maximum Gasteiger partial charge on any atom is 0.319 e. The van der Waals surface area contributed by atoms with Crippen molar-refractivity contribution in [3.63, 3.8) is 0 Å². The predicted molar refractivity (Wildman–Crippen MR) is 82.5 cm³/mol. The Morgan fingerprint density at radius 1 is 1.30 bits per heavy atom. The van der Waals surface area contributed by atoms with Gasteiger partial charge in [0.05, 0.1) is 12.6 Å². The minimum atomic E-state index is -0.213. The Kier molecular flexibility index (Phi) is 5.01. The van der Waals surface area contributed by atoms with Gasteiger partial charge in [-0.3, -0.25) is 0 Å². The van der Waals surface area contributed by atoms with Gasteiger partial charge in [0, 0.05) is 10.6 Å². The first-order valence-corrected chi connectivity index (χ1v) is 7.40. The van der Waals surface area contributed by atoms with Crippen molar-refractivity contribution in [2.24, 2.45) is 0 Å². The average Bonchev–Trinajstić information content (AvgIpc) is 2.95. The minimum Gasteiger partial charge on any atom is -0.494 e. The highest BCUT2D eigenvalue weighted by atomic mass is 32.1. The van der Waals surface area contributed by atoms with Crippen LogP contribution in [0.5, 0.6) is 5.75 Å². The van der Waals surface area contributed by atoms with Gasteiger partial charge in [-0.1, -0.05) is 6.07 Å². The van der Waals surface area contributed by atoms with Crippen LogP contribution in [0.15, 0.2) is 41.8 Å². The highest BCUT2D eigenvalue weighted by Gasteiger charge is 2.10. The molecule has 20 heavy (non-hydrogen) atoms. The summed E-state index contributed by atoms with van der Waals surface area (Å²) in [5.74, 6) is 0.797. The van der Waals surface area contributed by atoms with Crippen LogP contribution in [-0.4, -0.2) is 12.6 Å². The molecule has 1 atom stereocenters. The molecular weight excluding hydrogens is 272 g/mol. The van der Waals surface area contributed by atoms with Crippen LogP contribution in [0.4, 0.5) is 10.5 Å². The summed E-state index contributed by atoms with van der Waals surface area (Å²) in [5, 5.41) is 7.70. The molecule has 0 aliphatic heterocycles. The van der Waals surface area contributed by atoms with E-state index in [-0.39, 0.29) is 12.1 Å². The summed E-state index contributed by atoms with van der Waals surface area (Å²) in [6.45, 7) is 4.53. The van der Waals surface area contributed by atoms with Crippen LogP contribution in [0, 0.1) is 0 Å². The Bertz CT molecular complexity index is 538. The second-order valence-electron chi connectivity index (χ2n) is 4.29. The lowest BCUT2D eigenvalue weighted by Crippen LogP contribution is -2.30. The molecule has 0 aliphatic rings. The van der Waals surface area contributed by atoms with Crippen molar-refractivity contribution in [2.75, 3.05) is 11.9 Å². The van der Waals surface area contributed by atoms with E-state index in [2.05, 4.69) is 10.6 Å². The first-order valence-electron chi connectivity index (χ1n) is 6.53. The van der Waals surface area contributed by atoms with Crippen molar-refractivity contribution in [2.45, 2.75) is 19.9 Å². The second-order valence-corrected chi connectivity index (χ2v) is 5.27. The van der Waals surface area contributed by atoms with Crippen LogP contribution in [0.3, 0.4) is 0 Å². The van der Waals surface area contributed by atoms with Gasteiger partial charge in [0.15, 0.2) is 0 Å². The second kappa shape index (κ2) is 6.96. The van der Waals surface area contributed by atoms with E-state index in [0.29, 0.717) is 6.61 Å². The Morgan fingerprint density at radius 3 is 2.65 bits per heavy atom. The first kappa shape index (κ1) is 14.4. The number of carbonyl (C=O) groups is 1. The number of anilines is 1. The van der Waals surface area contributed by atoms with Crippen molar-refractivity contribution in [1.82, 2.24) is 5.32 Å². The lowest BCUT2D eigenvalue weighted by Gasteiger charge is -2.13. The molecule has 2 rings (SSSR count). The number of ether oxygens (including phenoxy) is 1. The van der Waals surface area contributed by atoms with Crippen LogP contribution in [-0.2, 0) is 0 Å². The van der Waals surface area contributed by atoms with Gasteiger partial charge in [-0.25, -0.2) is 4.79 Å². The van der Waals surface area contributed by atoms with Crippen molar-refractivity contribution < 1.29 is 9.53 Å². The topological polar surface area (TPSA) is 50.4 Å². The number of urea groups is 1. The third kappa shape index (κ3) is 3.99. The maximum absolute atomic E-state index is 11.9. The van der Waals surface area contributed by atoms with E-state index in [9.17, 15) is 4.79 Å². The largest absolute Gasteiger partial charge is 0.494 e. The minimum absolute atomic E-state index is 0.00213. The molecule has 0 saturated heterocycles. The zero-order valence-corrected chi connectivity index (χ0v) is 12.4. The average molecular weight is 290 g/mol. The van der Waals surface area contributed by atoms with E-state index in [0.717, 1.165) is 16.3 Å². The first-order chi connectivity index (χ1) is 9.69. The van der Waals surface area contributed by atoms with Crippen LogP contribution in [0.1, 0.15) is 24.8 Å². The SMILES string of the molecule is CCOc1ccc(NC(=O)NC(C)c2cccs2)cc1. The highest BCUT2D eigenvalue weighted by Crippen LogP contribution is 2.19. The summed E-state index contributed by atoms with van der Waals surface area (Å²) in [5.41, 5.74) is 0.740. The summed E-state index contributed by atoms with van der Waals surface area (Å²) in [6.07, 6.45) is 0. The van der Waals surface area contributed by atoms with Gasteiger partial charge >= 0.3 is 6.03 Å². The molecule has 106 valence electrons. The van der Waals surface area contributed by atoms with Gasteiger partial charge in [-0.2, -0.15) is 0 Å². The fourth-order valence-electron chi connectivity index (χ4n) is 1.77. The number of carbonyl (C=O) groups excluding carboxylic acids is 1. The number of hydrogen-bond donors (Lipinski definition) is 2. The van der Waals surface area contributed by atoms with Gasteiger partial charge in [0.25, 0.3) is 0 Å². The Morgan fingerprint density at radius 2 is 2.05 bits per heavy atom. The fourth-order valence-corrected chi connectivity index (χ4v) is 2.51. The quantitative estimate of drug-likeness (QED) is 0.873. The molecular formula is C15H18N2O2S. The number of amides is 2. The lowest BCUT2D eigenvalue weighted by molar-refractivity contribution is 0.249. The number of nitrogens with one attached hydrogen (secondary N) is 2. The smallest absolute Gasteiger partial charge is 0.319 e. The summed E-state index contributed by atoms with van der Waals surface area (Å²) in [6, 6.07) is 11.1. The number of hydrogen-bond acceptors (Lipinski definition) is 3. The summed E-state index contributed by atoms with van der Waals surface area (Å²) >= 11 is 1.63. The molecule has 2 N–H and O–H groups in total. The number of thiophene rings is 1. The molecule has 4 nitrogen and oxygen atoms in total. The molecule has 1 aromatic carbocycles. The Hall–Kier alpha value is -2.01. The molecule has 2 amide bonds. The predicted octanol–water partition coefficient (Wildman–Crippen LogP) is 4.03. The molecule has 0 fully saturated rings. The Balaban J connectivity index is 1.87. The van der Waals surface area contributed by atoms with Crippen molar-refractivity contribution in [3.05, 3.63) is 46.7 Å². The summed E-state index contributed by atoms with van der Waals surface area (Å²) in [7, 11) is 0. The third-order valence-electron chi connectivity index (χ3n) is 2.74. The third-order valence-corrected chi connectivity index (χ3v) is 3.80. The van der Waals surface area contributed by atoms with E-state index in [4.69, 9.17) is 4.74 Å². The molecule has 0 radical (unpaired) electrons. The number of rotatable bonds is 5. The van der Waals surface area contributed by atoms with E-state index < -0.39 is 0 Å². The van der Waals surface area contributed by atoms with Gasteiger partial charge in [0.1, 0.15) is 5.75 Å². The molecule has 0 bridgehead atoms. The van der Waals surface area contributed by atoms with E-state index >= 15 is 0 Å². The van der Waals surface area contributed by atoms with Gasteiger partial charge < -0.3 is 15.4 Å². The highest BCUT2D eigenvalue weighted by molar-refractivity contribution is 7.10. The van der Waals surface area contributed by atoms with E-state index in [1.165, 1.54) is 0 Å². The van der Waals surface area contributed by atoms with Crippen LogP contribution in [0.2, 0.25) is 0 Å². The van der Waals surface area contributed by atoms with Gasteiger partial charge in [0.2, 0.25) is 0 Å². The van der Waals surface area contributed by atoms with Crippen LogP contribution in [0.25, 0.3) is 0 Å². The van der Waals surface area contributed by atoms with E-state index in [1.807, 2.05) is 55.6 Å². The molecule has 0 aliphatic carbocycles. The monoisotopic (exact) mass is 290 g/mol. The standard InChI is InChI=1S/C15H18N2O2S/c1-3-19-13-8-6-12(7-9-13)17-15(18)16-11(2)14-5-4-10-20-14/h4-11H,3H2,1-2H3,(H2,16,17,18). The summed E-state index contributed by atoms with van der Waals surface area (Å²) < 4.78 is 5.35. The van der Waals surface area contributed by atoms with Crippen molar-refractivity contribution in [1.29, 1.82) is 0 Å². The molecule has 2 aromatic rings. The maximum atomic E-state index is 11.9. The molecule has 0 spiro atoms. The van der Waals surface area contributed by atoms with Crippen LogP contribution < -0.4 is 15.4 Å². The van der Waals surface area contributed by atoms with Crippen molar-refractivity contribution in [3.8, 4) is 5.75 Å². The number of benzene rings is 1. The normalized spacial score (nSPS) is 11.7. The van der Waals surface area contributed by atoms with E-state index in [1.54, 1.807) is 11.3 Å². The zero-order valence-electron chi connectivity index (χ0n) is 11.6. The fraction of sp³-hybridized carbons (Fsp3) is 0.267. The molecule has 5 heteroatoms. The van der Waals surface area contributed by atoms with Gasteiger partial charge in [-0.05, 0) is 49.6 Å². The zero-order chi connectivity index (χ0) is 14.4. The van der Waals surface area contributed by atoms with Crippen molar-refractivity contribution >= 4 is 23.1 Å². The lowest BCUT2D eigenvalue weighted by atomic mass is 10.3. The summed E-state index contributed by atoms with van der Waals surface area (Å²) in [4.78, 5) is 13.0. The van der Waals surface area contributed by atoms with Crippen LogP contribution >= 0.6 is 11.3 Å².